The molecule has 5 nitrogen and oxygen atoms in total. The summed E-state index contributed by atoms with van der Waals surface area (Å²) in [5, 5.41) is 21.4. The molecule has 5 heteroatoms. The second kappa shape index (κ2) is 5.25. The molecule has 0 radical (unpaired) electrons. The number of nitrogens with one attached hydrogen (secondary N) is 1. The van der Waals surface area contributed by atoms with Crippen LogP contribution in [0.5, 0.6) is 0 Å². The van der Waals surface area contributed by atoms with Gasteiger partial charge < -0.3 is 15.5 Å². The standard InChI is InChI=1S/C12H16N2O3/c15-11(8-1-2-8)7-13-6-10-4-3-9(5-14-10)12(16)17/h3-5,8,11,13,15H,1-2,6-7H2,(H,16,17). The summed E-state index contributed by atoms with van der Waals surface area (Å²) in [4.78, 5) is 14.6. The van der Waals surface area contributed by atoms with Crippen LogP contribution in [0.1, 0.15) is 28.9 Å². The Bertz CT molecular complexity index is 387. The number of pyridine rings is 1. The number of aromatic nitrogens is 1. The number of carboxylic acid groups (broad SMARTS) is 1. The van der Waals surface area contributed by atoms with Crippen LogP contribution in [-0.2, 0) is 6.54 Å². The first-order valence-electron chi connectivity index (χ1n) is 5.74. The minimum Gasteiger partial charge on any atom is -0.478 e. The van der Waals surface area contributed by atoms with E-state index in [4.69, 9.17) is 5.11 Å². The normalized spacial score (nSPS) is 16.8. The summed E-state index contributed by atoms with van der Waals surface area (Å²) in [6, 6.07) is 3.21. The summed E-state index contributed by atoms with van der Waals surface area (Å²) >= 11 is 0. The highest BCUT2D eigenvalue weighted by Crippen LogP contribution is 2.32. The number of hydrogen-bond donors (Lipinski definition) is 3. The number of aliphatic hydroxyl groups excluding tert-OH is 1. The summed E-state index contributed by atoms with van der Waals surface area (Å²) in [6.45, 7) is 1.11. The number of nitrogens with zero attached hydrogens (tertiary/aromatic N) is 1. The molecule has 0 aromatic carbocycles. The van der Waals surface area contributed by atoms with Gasteiger partial charge in [-0.25, -0.2) is 4.79 Å². The quantitative estimate of drug-likeness (QED) is 0.675. The van der Waals surface area contributed by atoms with Gasteiger partial charge in [0.05, 0.1) is 17.4 Å². The third-order valence-electron chi connectivity index (χ3n) is 2.90. The molecule has 0 amide bonds. The van der Waals surface area contributed by atoms with Crippen LogP contribution in [-0.4, -0.2) is 33.8 Å². The fourth-order valence-electron chi connectivity index (χ4n) is 1.65. The highest BCUT2D eigenvalue weighted by Gasteiger charge is 2.29. The van der Waals surface area contributed by atoms with E-state index in [0.29, 0.717) is 19.0 Å². The Morgan fingerprint density at radius 1 is 1.53 bits per heavy atom. The van der Waals surface area contributed by atoms with Crippen LogP contribution in [0.25, 0.3) is 0 Å². The van der Waals surface area contributed by atoms with Gasteiger partial charge in [0, 0.05) is 19.3 Å². The van der Waals surface area contributed by atoms with Gasteiger partial charge in [-0.3, -0.25) is 4.98 Å². The van der Waals surface area contributed by atoms with Gasteiger partial charge in [0.25, 0.3) is 0 Å². The van der Waals surface area contributed by atoms with E-state index in [1.165, 1.54) is 12.3 Å². The molecule has 1 atom stereocenters. The fraction of sp³-hybridized carbons (Fsp3) is 0.500. The van der Waals surface area contributed by atoms with E-state index < -0.39 is 5.97 Å². The van der Waals surface area contributed by atoms with Crippen molar-refractivity contribution >= 4 is 5.97 Å². The van der Waals surface area contributed by atoms with Crippen molar-refractivity contribution in [3.63, 3.8) is 0 Å². The highest BCUT2D eigenvalue weighted by molar-refractivity contribution is 5.87. The first-order chi connectivity index (χ1) is 8.16. The predicted octanol–water partition coefficient (Wildman–Crippen LogP) is 0.640. The topological polar surface area (TPSA) is 82.5 Å². The maximum Gasteiger partial charge on any atom is 0.337 e. The number of aliphatic hydroxyl groups is 1. The van der Waals surface area contributed by atoms with Crippen LogP contribution in [0.3, 0.4) is 0 Å². The Labute approximate surface area is 99.5 Å². The lowest BCUT2D eigenvalue weighted by atomic mass is 10.2. The first kappa shape index (κ1) is 12.0. The van der Waals surface area contributed by atoms with E-state index in [1.807, 2.05) is 0 Å². The van der Waals surface area contributed by atoms with Crippen molar-refractivity contribution in [3.05, 3.63) is 29.6 Å². The maximum atomic E-state index is 10.6. The van der Waals surface area contributed by atoms with Gasteiger partial charge in [-0.05, 0) is 30.9 Å². The van der Waals surface area contributed by atoms with Crippen molar-refractivity contribution in [2.75, 3.05) is 6.54 Å². The van der Waals surface area contributed by atoms with Gasteiger partial charge in [0.1, 0.15) is 0 Å². The molecule has 1 aromatic rings. The Balaban J connectivity index is 1.76. The molecular weight excluding hydrogens is 220 g/mol. The summed E-state index contributed by atoms with van der Waals surface area (Å²) in [5.41, 5.74) is 0.963. The lowest BCUT2D eigenvalue weighted by molar-refractivity contribution is 0.0696. The van der Waals surface area contributed by atoms with E-state index >= 15 is 0 Å². The van der Waals surface area contributed by atoms with Crippen LogP contribution < -0.4 is 5.32 Å². The first-order valence-corrected chi connectivity index (χ1v) is 5.74. The minimum atomic E-state index is -0.971. The van der Waals surface area contributed by atoms with E-state index in [2.05, 4.69) is 10.3 Å². The Morgan fingerprint density at radius 3 is 2.82 bits per heavy atom. The van der Waals surface area contributed by atoms with Gasteiger partial charge >= 0.3 is 5.97 Å². The lowest BCUT2D eigenvalue weighted by Crippen LogP contribution is -2.28. The molecule has 1 saturated carbocycles. The van der Waals surface area contributed by atoms with Crippen molar-refractivity contribution in [3.8, 4) is 0 Å². The van der Waals surface area contributed by atoms with E-state index in [1.54, 1.807) is 6.07 Å². The second-order valence-corrected chi connectivity index (χ2v) is 4.38. The molecule has 0 bridgehead atoms. The third-order valence-corrected chi connectivity index (χ3v) is 2.90. The Morgan fingerprint density at radius 2 is 2.29 bits per heavy atom. The third kappa shape index (κ3) is 3.51. The summed E-state index contributed by atoms with van der Waals surface area (Å²) in [6.07, 6.45) is 3.31. The van der Waals surface area contributed by atoms with Gasteiger partial charge in [-0.15, -0.1) is 0 Å². The monoisotopic (exact) mass is 236 g/mol. The van der Waals surface area contributed by atoms with Crippen molar-refractivity contribution in [2.45, 2.75) is 25.5 Å². The summed E-state index contributed by atoms with van der Waals surface area (Å²) in [5.74, 6) is -0.508. The smallest absolute Gasteiger partial charge is 0.337 e. The fourth-order valence-corrected chi connectivity index (χ4v) is 1.65. The second-order valence-electron chi connectivity index (χ2n) is 4.38. The lowest BCUT2D eigenvalue weighted by Gasteiger charge is -2.10. The molecule has 2 rings (SSSR count). The van der Waals surface area contributed by atoms with Crippen molar-refractivity contribution in [1.29, 1.82) is 0 Å². The van der Waals surface area contributed by atoms with Gasteiger partial charge in [-0.2, -0.15) is 0 Å². The number of carbonyl (C=O) groups is 1. The molecule has 0 aliphatic heterocycles. The van der Waals surface area contributed by atoms with Crippen LogP contribution in [0.15, 0.2) is 18.3 Å². The molecule has 1 aliphatic carbocycles. The molecule has 17 heavy (non-hydrogen) atoms. The van der Waals surface area contributed by atoms with Crippen LogP contribution in [0, 0.1) is 5.92 Å². The average Bonchev–Trinajstić information content (AvgIpc) is 3.13. The SMILES string of the molecule is O=C(O)c1ccc(CNCC(O)C2CC2)nc1. The van der Waals surface area contributed by atoms with Gasteiger partial charge in [0.15, 0.2) is 0 Å². The minimum absolute atomic E-state index is 0.187. The molecule has 0 spiro atoms. The molecule has 1 heterocycles. The molecule has 3 N–H and O–H groups in total. The van der Waals surface area contributed by atoms with Gasteiger partial charge in [-0.1, -0.05) is 0 Å². The van der Waals surface area contributed by atoms with E-state index in [-0.39, 0.29) is 11.7 Å². The van der Waals surface area contributed by atoms with Gasteiger partial charge in [0.2, 0.25) is 0 Å². The predicted molar refractivity (Wildman–Crippen MR) is 61.6 cm³/mol. The van der Waals surface area contributed by atoms with Crippen LogP contribution in [0.4, 0.5) is 0 Å². The molecule has 0 saturated heterocycles. The number of hydrogen-bond acceptors (Lipinski definition) is 4. The molecule has 1 fully saturated rings. The van der Waals surface area contributed by atoms with Crippen molar-refractivity contribution < 1.29 is 15.0 Å². The van der Waals surface area contributed by atoms with E-state index in [0.717, 1.165) is 18.5 Å². The Kier molecular flexibility index (Phi) is 3.71. The zero-order valence-corrected chi connectivity index (χ0v) is 9.47. The molecule has 92 valence electrons. The van der Waals surface area contributed by atoms with Crippen LogP contribution in [0.2, 0.25) is 0 Å². The molecular formula is C12H16N2O3. The maximum absolute atomic E-state index is 10.6. The number of carboxylic acids is 1. The molecule has 1 aliphatic rings. The molecule has 1 aromatic heterocycles. The zero-order valence-electron chi connectivity index (χ0n) is 9.47. The summed E-state index contributed by atoms with van der Waals surface area (Å²) < 4.78 is 0. The Hall–Kier alpha value is -1.46. The van der Waals surface area contributed by atoms with Crippen molar-refractivity contribution in [1.82, 2.24) is 10.3 Å². The average molecular weight is 236 g/mol. The number of aromatic carboxylic acids is 1. The largest absolute Gasteiger partial charge is 0.478 e. The van der Waals surface area contributed by atoms with E-state index in [9.17, 15) is 9.90 Å². The zero-order chi connectivity index (χ0) is 12.3. The van der Waals surface area contributed by atoms with Crippen LogP contribution >= 0.6 is 0 Å². The highest BCUT2D eigenvalue weighted by atomic mass is 16.4. The number of rotatable bonds is 6. The summed E-state index contributed by atoms with van der Waals surface area (Å²) in [7, 11) is 0. The molecule has 1 unspecified atom stereocenters. The van der Waals surface area contributed by atoms with Crippen molar-refractivity contribution in [2.24, 2.45) is 5.92 Å².